The zero-order valence-corrected chi connectivity index (χ0v) is 9.33. The molecule has 3 heteroatoms. The maximum absolute atomic E-state index is 5.44. The van der Waals surface area contributed by atoms with Gasteiger partial charge in [0.15, 0.2) is 0 Å². The van der Waals surface area contributed by atoms with Gasteiger partial charge in [-0.2, -0.15) is 0 Å². The summed E-state index contributed by atoms with van der Waals surface area (Å²) in [5, 5.41) is 3.49. The molecule has 14 heavy (non-hydrogen) atoms. The molecule has 1 aliphatic carbocycles. The van der Waals surface area contributed by atoms with E-state index in [-0.39, 0.29) is 0 Å². The fraction of sp³-hybridized carbons (Fsp3) is 1.00. The molecule has 1 N–H and O–H groups in total. The van der Waals surface area contributed by atoms with Gasteiger partial charge in [-0.1, -0.05) is 6.92 Å². The van der Waals surface area contributed by atoms with Gasteiger partial charge in [0.05, 0.1) is 13.2 Å². The second-order valence-corrected chi connectivity index (χ2v) is 4.92. The smallest absolute Gasteiger partial charge is 0.0632 e. The van der Waals surface area contributed by atoms with Gasteiger partial charge in [0.1, 0.15) is 0 Å². The van der Waals surface area contributed by atoms with Crippen LogP contribution in [-0.4, -0.2) is 50.8 Å². The monoisotopic (exact) mass is 198 g/mol. The standard InChI is InChI=1S/C11H22N2O/c1-9-5-10(9)6-13(2)7-11-8-14-4-3-12-11/h9-12H,3-8H2,1-2H3. The average Bonchev–Trinajstić information content (AvgIpc) is 2.83. The maximum atomic E-state index is 5.44. The predicted octanol–water partition coefficient (Wildman–Crippen LogP) is 0.563. The molecule has 1 aliphatic heterocycles. The zero-order chi connectivity index (χ0) is 9.97. The number of ether oxygens (including phenoxy) is 1. The molecule has 3 nitrogen and oxygen atoms in total. The first-order chi connectivity index (χ1) is 6.75. The summed E-state index contributed by atoms with van der Waals surface area (Å²) in [4.78, 5) is 2.44. The minimum atomic E-state index is 0.544. The lowest BCUT2D eigenvalue weighted by Gasteiger charge is -2.28. The number of rotatable bonds is 4. The Hall–Kier alpha value is -0.120. The number of nitrogens with one attached hydrogen (secondary N) is 1. The van der Waals surface area contributed by atoms with Gasteiger partial charge in [0.2, 0.25) is 0 Å². The Morgan fingerprint density at radius 3 is 2.79 bits per heavy atom. The lowest BCUT2D eigenvalue weighted by Crippen LogP contribution is -2.47. The van der Waals surface area contributed by atoms with Crippen molar-refractivity contribution < 1.29 is 4.74 Å². The molecule has 2 fully saturated rings. The highest BCUT2D eigenvalue weighted by Gasteiger charge is 2.33. The van der Waals surface area contributed by atoms with E-state index in [2.05, 4.69) is 24.2 Å². The van der Waals surface area contributed by atoms with Crippen LogP contribution in [-0.2, 0) is 4.74 Å². The lowest BCUT2D eigenvalue weighted by molar-refractivity contribution is 0.0647. The molecule has 3 atom stereocenters. The molecule has 0 aromatic heterocycles. The van der Waals surface area contributed by atoms with Crippen LogP contribution < -0.4 is 5.32 Å². The van der Waals surface area contributed by atoms with Crippen molar-refractivity contribution in [1.82, 2.24) is 10.2 Å². The Morgan fingerprint density at radius 1 is 1.43 bits per heavy atom. The summed E-state index contributed by atoms with van der Waals surface area (Å²) in [7, 11) is 2.22. The second kappa shape index (κ2) is 4.60. The molecule has 1 heterocycles. The number of hydrogen-bond acceptors (Lipinski definition) is 3. The van der Waals surface area contributed by atoms with Gasteiger partial charge < -0.3 is 15.0 Å². The SMILES string of the molecule is CC1CC1CN(C)CC1COCCN1. The molecular formula is C11H22N2O. The van der Waals surface area contributed by atoms with E-state index in [1.807, 2.05) is 0 Å². The van der Waals surface area contributed by atoms with E-state index in [4.69, 9.17) is 4.74 Å². The molecule has 2 rings (SSSR count). The molecule has 0 bridgehead atoms. The highest BCUT2D eigenvalue weighted by Crippen LogP contribution is 2.37. The molecule has 82 valence electrons. The van der Waals surface area contributed by atoms with E-state index >= 15 is 0 Å². The first-order valence-corrected chi connectivity index (χ1v) is 5.75. The summed E-state index contributed by atoms with van der Waals surface area (Å²) in [5.41, 5.74) is 0. The van der Waals surface area contributed by atoms with Crippen LogP contribution in [0.3, 0.4) is 0 Å². The van der Waals surface area contributed by atoms with E-state index in [0.29, 0.717) is 6.04 Å². The molecule has 0 aromatic rings. The van der Waals surface area contributed by atoms with Crippen molar-refractivity contribution in [3.63, 3.8) is 0 Å². The van der Waals surface area contributed by atoms with Crippen molar-refractivity contribution in [1.29, 1.82) is 0 Å². The van der Waals surface area contributed by atoms with Gasteiger partial charge in [-0.3, -0.25) is 0 Å². The van der Waals surface area contributed by atoms with Crippen LogP contribution in [0.4, 0.5) is 0 Å². The van der Waals surface area contributed by atoms with Crippen LogP contribution >= 0.6 is 0 Å². The van der Waals surface area contributed by atoms with Crippen LogP contribution in [0.2, 0.25) is 0 Å². The van der Waals surface area contributed by atoms with Gasteiger partial charge in [0, 0.05) is 25.7 Å². The van der Waals surface area contributed by atoms with E-state index < -0.39 is 0 Å². The highest BCUT2D eigenvalue weighted by atomic mass is 16.5. The number of nitrogens with zero attached hydrogens (tertiary/aromatic N) is 1. The van der Waals surface area contributed by atoms with Gasteiger partial charge in [-0.25, -0.2) is 0 Å². The minimum absolute atomic E-state index is 0.544. The van der Waals surface area contributed by atoms with Crippen molar-refractivity contribution in [3.05, 3.63) is 0 Å². The summed E-state index contributed by atoms with van der Waals surface area (Å²) >= 11 is 0. The molecule has 0 radical (unpaired) electrons. The quantitative estimate of drug-likeness (QED) is 0.714. The van der Waals surface area contributed by atoms with Crippen LogP contribution in [0.5, 0.6) is 0 Å². The lowest BCUT2D eigenvalue weighted by atomic mass is 10.2. The van der Waals surface area contributed by atoms with Gasteiger partial charge in [0.25, 0.3) is 0 Å². The van der Waals surface area contributed by atoms with E-state index in [0.717, 1.165) is 38.1 Å². The molecule has 0 spiro atoms. The normalized spacial score (nSPS) is 37.5. The topological polar surface area (TPSA) is 24.5 Å². The number of likely N-dealkylation sites (N-methyl/N-ethyl adjacent to an activating group) is 1. The molecule has 0 aromatic carbocycles. The Labute approximate surface area is 86.8 Å². The third-order valence-electron chi connectivity index (χ3n) is 3.35. The van der Waals surface area contributed by atoms with Gasteiger partial charge in [-0.05, 0) is 25.3 Å². The maximum Gasteiger partial charge on any atom is 0.0632 e. The minimum Gasteiger partial charge on any atom is -0.378 e. The van der Waals surface area contributed by atoms with E-state index in [1.165, 1.54) is 13.0 Å². The fourth-order valence-electron chi connectivity index (χ4n) is 2.24. The molecule has 1 saturated heterocycles. The number of morpholine rings is 1. The summed E-state index contributed by atoms with van der Waals surface area (Å²) in [6.45, 7) is 7.51. The van der Waals surface area contributed by atoms with Crippen molar-refractivity contribution in [2.24, 2.45) is 11.8 Å². The van der Waals surface area contributed by atoms with Crippen LogP contribution in [0, 0.1) is 11.8 Å². The van der Waals surface area contributed by atoms with Crippen LogP contribution in [0.15, 0.2) is 0 Å². The zero-order valence-electron chi connectivity index (χ0n) is 9.33. The van der Waals surface area contributed by atoms with Crippen molar-refractivity contribution in [2.75, 3.05) is 39.9 Å². The summed E-state index contributed by atoms with van der Waals surface area (Å²) in [5.74, 6) is 1.93. The summed E-state index contributed by atoms with van der Waals surface area (Å²) < 4.78 is 5.44. The van der Waals surface area contributed by atoms with Crippen LogP contribution in [0.1, 0.15) is 13.3 Å². The van der Waals surface area contributed by atoms with Crippen molar-refractivity contribution in [3.8, 4) is 0 Å². The largest absolute Gasteiger partial charge is 0.378 e. The van der Waals surface area contributed by atoms with Gasteiger partial charge >= 0.3 is 0 Å². The van der Waals surface area contributed by atoms with E-state index in [1.54, 1.807) is 0 Å². The summed E-state index contributed by atoms with van der Waals surface area (Å²) in [6, 6.07) is 0.544. The Bertz CT molecular complexity index is 180. The Morgan fingerprint density at radius 2 is 2.21 bits per heavy atom. The number of hydrogen-bond donors (Lipinski definition) is 1. The Balaban J connectivity index is 1.63. The van der Waals surface area contributed by atoms with E-state index in [9.17, 15) is 0 Å². The molecular weight excluding hydrogens is 176 g/mol. The molecule has 0 amide bonds. The third-order valence-corrected chi connectivity index (χ3v) is 3.35. The van der Waals surface area contributed by atoms with Crippen molar-refractivity contribution >= 4 is 0 Å². The fourth-order valence-corrected chi connectivity index (χ4v) is 2.24. The highest BCUT2D eigenvalue weighted by molar-refractivity contribution is 4.85. The second-order valence-electron chi connectivity index (χ2n) is 4.92. The predicted molar refractivity (Wildman–Crippen MR) is 57.4 cm³/mol. The van der Waals surface area contributed by atoms with Crippen molar-refractivity contribution in [2.45, 2.75) is 19.4 Å². The molecule has 1 saturated carbocycles. The van der Waals surface area contributed by atoms with Crippen LogP contribution in [0.25, 0.3) is 0 Å². The first kappa shape index (κ1) is 10.4. The Kier molecular flexibility index (Phi) is 3.42. The molecule has 2 aliphatic rings. The first-order valence-electron chi connectivity index (χ1n) is 5.75. The molecule has 3 unspecified atom stereocenters. The average molecular weight is 198 g/mol. The van der Waals surface area contributed by atoms with Gasteiger partial charge in [-0.15, -0.1) is 0 Å². The summed E-state index contributed by atoms with van der Waals surface area (Å²) in [6.07, 6.45) is 1.43. The third kappa shape index (κ3) is 2.94.